The number of aromatic nitrogens is 2. The molecule has 110 valence electrons. The quantitative estimate of drug-likeness (QED) is 0.673. The summed E-state index contributed by atoms with van der Waals surface area (Å²) in [5, 5.41) is 0. The summed E-state index contributed by atoms with van der Waals surface area (Å²) in [5.74, 6) is 0. The number of pyridine rings is 1. The monoisotopic (exact) mass is 302 g/mol. The highest BCUT2D eigenvalue weighted by molar-refractivity contribution is 7.94. The minimum absolute atomic E-state index is 0. The van der Waals surface area contributed by atoms with Gasteiger partial charge in [0.1, 0.15) is 5.65 Å². The van der Waals surface area contributed by atoms with Crippen molar-refractivity contribution in [1.29, 1.82) is 0 Å². The number of imidazole rings is 1. The summed E-state index contributed by atoms with van der Waals surface area (Å²) in [6.07, 6.45) is 3.85. The summed E-state index contributed by atoms with van der Waals surface area (Å²) in [4.78, 5) is 5.27. The van der Waals surface area contributed by atoms with E-state index in [4.69, 9.17) is 0 Å². The standard InChI is InChI=1S/C17H17FN2S.H2/c1-3-14-11-20-15(8-12(2)9-17(20)19-14)10-13-4-6-16(21-18)7-5-13;/h4-9,11H,3,10H2,1-2H3;1H. The first-order chi connectivity index (χ1) is 10.2. The Morgan fingerprint density at radius 1 is 1.24 bits per heavy atom. The van der Waals surface area contributed by atoms with Gasteiger partial charge < -0.3 is 4.40 Å². The van der Waals surface area contributed by atoms with Gasteiger partial charge in [0.15, 0.2) is 0 Å². The fraction of sp³-hybridized carbons (Fsp3) is 0.235. The van der Waals surface area contributed by atoms with Gasteiger partial charge in [-0.3, -0.25) is 0 Å². The number of fused-ring (bicyclic) bond motifs is 1. The molecule has 0 radical (unpaired) electrons. The molecule has 0 amide bonds. The molecule has 0 saturated carbocycles. The van der Waals surface area contributed by atoms with Gasteiger partial charge in [0.2, 0.25) is 0 Å². The molecule has 0 fully saturated rings. The highest BCUT2D eigenvalue weighted by Gasteiger charge is 2.07. The zero-order valence-corrected chi connectivity index (χ0v) is 13.0. The van der Waals surface area contributed by atoms with Crippen LogP contribution in [0.5, 0.6) is 0 Å². The molecule has 0 unspecified atom stereocenters. The van der Waals surface area contributed by atoms with Crippen LogP contribution in [0.4, 0.5) is 3.89 Å². The second-order valence-corrected chi connectivity index (χ2v) is 5.86. The van der Waals surface area contributed by atoms with Gasteiger partial charge in [0.05, 0.1) is 17.8 Å². The van der Waals surface area contributed by atoms with Crippen LogP contribution in [0.1, 0.15) is 30.9 Å². The van der Waals surface area contributed by atoms with E-state index in [1.54, 1.807) is 0 Å². The van der Waals surface area contributed by atoms with Crippen LogP contribution in [0.15, 0.2) is 47.5 Å². The van der Waals surface area contributed by atoms with Crippen molar-refractivity contribution in [3.05, 3.63) is 65.1 Å². The molecular weight excluding hydrogens is 283 g/mol. The maximum Gasteiger partial charge on any atom is 0.137 e. The molecule has 3 aromatic rings. The second-order valence-electron chi connectivity index (χ2n) is 5.24. The van der Waals surface area contributed by atoms with Crippen molar-refractivity contribution in [3.8, 4) is 0 Å². The molecular formula is C17H19FN2S. The lowest BCUT2D eigenvalue weighted by molar-refractivity contribution is 0.933. The largest absolute Gasteiger partial charge is 0.303 e. The topological polar surface area (TPSA) is 17.3 Å². The molecule has 0 aliphatic carbocycles. The van der Waals surface area contributed by atoms with Crippen molar-refractivity contribution in [1.82, 2.24) is 9.38 Å². The van der Waals surface area contributed by atoms with Crippen LogP contribution in [0.25, 0.3) is 5.65 Å². The van der Waals surface area contributed by atoms with Crippen LogP contribution < -0.4 is 0 Å². The average Bonchev–Trinajstić information content (AvgIpc) is 2.91. The smallest absolute Gasteiger partial charge is 0.137 e. The number of hydrogen-bond acceptors (Lipinski definition) is 2. The van der Waals surface area contributed by atoms with Crippen LogP contribution >= 0.6 is 12.1 Å². The Balaban J connectivity index is 0.00000176. The number of hydrogen-bond donors (Lipinski definition) is 0. The number of benzene rings is 1. The fourth-order valence-electron chi connectivity index (χ4n) is 2.53. The van der Waals surface area contributed by atoms with Gasteiger partial charge >= 0.3 is 0 Å². The Morgan fingerprint density at radius 2 is 2.00 bits per heavy atom. The van der Waals surface area contributed by atoms with Crippen LogP contribution in [0.3, 0.4) is 0 Å². The predicted molar refractivity (Wildman–Crippen MR) is 87.6 cm³/mol. The molecule has 0 bridgehead atoms. The molecule has 0 saturated heterocycles. The van der Waals surface area contributed by atoms with Crippen LogP contribution in [-0.2, 0) is 12.8 Å². The van der Waals surface area contributed by atoms with Gasteiger partial charge in [-0.05, 0) is 48.7 Å². The summed E-state index contributed by atoms with van der Waals surface area (Å²) in [7, 11) is 0. The average molecular weight is 302 g/mol. The van der Waals surface area contributed by atoms with Gasteiger partial charge in [0, 0.05) is 24.6 Å². The van der Waals surface area contributed by atoms with E-state index in [1.807, 2.05) is 24.3 Å². The molecule has 0 atom stereocenters. The maximum absolute atomic E-state index is 12.5. The van der Waals surface area contributed by atoms with Gasteiger partial charge in [-0.2, -0.15) is 3.89 Å². The van der Waals surface area contributed by atoms with Gasteiger partial charge in [-0.25, -0.2) is 4.98 Å². The van der Waals surface area contributed by atoms with E-state index in [9.17, 15) is 3.89 Å². The lowest BCUT2D eigenvalue weighted by Crippen LogP contribution is -1.98. The van der Waals surface area contributed by atoms with E-state index < -0.39 is 0 Å². The van der Waals surface area contributed by atoms with E-state index in [-0.39, 0.29) is 13.6 Å². The molecule has 2 nitrogen and oxygen atoms in total. The first-order valence-electron chi connectivity index (χ1n) is 7.04. The normalized spacial score (nSPS) is 11.2. The fourth-order valence-corrected chi connectivity index (χ4v) is 2.77. The molecule has 0 spiro atoms. The van der Waals surface area contributed by atoms with E-state index in [2.05, 4.69) is 41.6 Å². The number of rotatable bonds is 4. The first-order valence-corrected chi connectivity index (χ1v) is 7.76. The first kappa shape index (κ1) is 14.1. The molecule has 0 aliphatic heterocycles. The van der Waals surface area contributed by atoms with Gasteiger partial charge in [-0.15, -0.1) is 0 Å². The van der Waals surface area contributed by atoms with E-state index in [0.29, 0.717) is 4.90 Å². The lowest BCUT2D eigenvalue weighted by Gasteiger charge is -2.07. The molecule has 21 heavy (non-hydrogen) atoms. The molecule has 0 aliphatic rings. The van der Waals surface area contributed by atoms with E-state index >= 15 is 0 Å². The molecule has 1 aromatic carbocycles. The third-order valence-corrected chi connectivity index (χ3v) is 4.05. The minimum Gasteiger partial charge on any atom is -0.303 e. The van der Waals surface area contributed by atoms with Crippen molar-refractivity contribution >= 4 is 17.8 Å². The SMILES string of the molecule is CCc1cn2c(Cc3ccc(SF)cc3)cc(C)cc2n1.[HH]. The number of halogens is 1. The zero-order valence-electron chi connectivity index (χ0n) is 12.1. The van der Waals surface area contributed by atoms with E-state index in [0.717, 1.165) is 24.2 Å². The number of aryl methyl sites for hydroxylation is 2. The van der Waals surface area contributed by atoms with Crippen molar-refractivity contribution in [3.63, 3.8) is 0 Å². The Labute approximate surface area is 129 Å². The van der Waals surface area contributed by atoms with Crippen LogP contribution in [0.2, 0.25) is 0 Å². The summed E-state index contributed by atoms with van der Waals surface area (Å²) in [6.45, 7) is 4.20. The maximum atomic E-state index is 12.5. The van der Waals surface area contributed by atoms with Crippen LogP contribution in [0, 0.1) is 6.92 Å². The minimum atomic E-state index is 0. The molecule has 3 rings (SSSR count). The second kappa shape index (κ2) is 5.90. The van der Waals surface area contributed by atoms with E-state index in [1.165, 1.54) is 16.8 Å². The van der Waals surface area contributed by atoms with Gasteiger partial charge in [-0.1, -0.05) is 19.1 Å². The van der Waals surface area contributed by atoms with Crippen molar-refractivity contribution < 1.29 is 5.31 Å². The Hall–Kier alpha value is -1.81. The molecule has 2 aromatic heterocycles. The van der Waals surface area contributed by atoms with Crippen molar-refractivity contribution in [2.24, 2.45) is 0 Å². The van der Waals surface area contributed by atoms with Crippen molar-refractivity contribution in [2.75, 3.05) is 0 Å². The molecule has 4 heteroatoms. The Kier molecular flexibility index (Phi) is 3.97. The lowest BCUT2D eigenvalue weighted by atomic mass is 10.1. The molecule has 2 heterocycles. The summed E-state index contributed by atoms with van der Waals surface area (Å²) in [6, 6.07) is 11.9. The van der Waals surface area contributed by atoms with Crippen LogP contribution in [-0.4, -0.2) is 9.38 Å². The summed E-state index contributed by atoms with van der Waals surface area (Å²) in [5.41, 5.74) is 5.69. The highest BCUT2D eigenvalue weighted by Crippen LogP contribution is 2.21. The highest BCUT2D eigenvalue weighted by atomic mass is 32.2. The third kappa shape index (κ3) is 2.95. The van der Waals surface area contributed by atoms with Crippen molar-refractivity contribution in [2.45, 2.75) is 31.6 Å². The van der Waals surface area contributed by atoms with Gasteiger partial charge in [0.25, 0.3) is 0 Å². The Bertz CT molecular complexity index is 768. The zero-order chi connectivity index (χ0) is 14.8. The Morgan fingerprint density at radius 3 is 2.67 bits per heavy atom. The summed E-state index contributed by atoms with van der Waals surface area (Å²) < 4.78 is 14.6. The third-order valence-electron chi connectivity index (χ3n) is 3.60. The predicted octanol–water partition coefficient (Wildman–Crippen LogP) is 5.02. The number of nitrogens with zero attached hydrogens (tertiary/aromatic N) is 2. The molecule has 0 N–H and O–H groups in total. The summed E-state index contributed by atoms with van der Waals surface area (Å²) >= 11 is 0.280.